The Morgan fingerprint density at radius 1 is 1.35 bits per heavy atom. The van der Waals surface area contributed by atoms with Crippen molar-refractivity contribution in [2.45, 2.75) is 58.4 Å². The van der Waals surface area contributed by atoms with Crippen LogP contribution in [0.5, 0.6) is 0 Å². The van der Waals surface area contributed by atoms with Gasteiger partial charge in [0, 0.05) is 10.9 Å². The Morgan fingerprint density at radius 3 is 2.71 bits per heavy atom. The Bertz CT molecular complexity index is 312. The first-order chi connectivity index (χ1) is 8.26. The summed E-state index contributed by atoms with van der Waals surface area (Å²) >= 11 is 1.91. The molecule has 1 fully saturated rings. The second-order valence-electron chi connectivity index (χ2n) is 5.62. The van der Waals surface area contributed by atoms with Crippen LogP contribution in [0.15, 0.2) is 17.5 Å². The summed E-state index contributed by atoms with van der Waals surface area (Å²) in [5, 5.41) is 6.00. The van der Waals surface area contributed by atoms with Gasteiger partial charge in [0.2, 0.25) is 0 Å². The van der Waals surface area contributed by atoms with Gasteiger partial charge in [0.05, 0.1) is 0 Å². The van der Waals surface area contributed by atoms with E-state index < -0.39 is 0 Å². The first-order valence-electron chi connectivity index (χ1n) is 7.03. The van der Waals surface area contributed by atoms with E-state index in [0.717, 1.165) is 6.54 Å². The average molecular weight is 251 g/mol. The van der Waals surface area contributed by atoms with Crippen molar-refractivity contribution in [1.29, 1.82) is 0 Å². The molecule has 1 unspecified atom stereocenters. The smallest absolute Gasteiger partial charge is 0.0469 e. The predicted molar refractivity (Wildman–Crippen MR) is 76.5 cm³/mol. The maximum Gasteiger partial charge on any atom is 0.0469 e. The summed E-state index contributed by atoms with van der Waals surface area (Å²) < 4.78 is 0. The summed E-state index contributed by atoms with van der Waals surface area (Å²) in [6, 6.07) is 5.06. The molecule has 0 radical (unpaired) electrons. The molecule has 1 aliphatic rings. The second-order valence-corrected chi connectivity index (χ2v) is 6.60. The minimum atomic E-state index is 0.471. The van der Waals surface area contributed by atoms with E-state index in [2.05, 4.69) is 36.7 Å². The number of hydrogen-bond acceptors (Lipinski definition) is 2. The van der Waals surface area contributed by atoms with E-state index in [1.165, 1.54) is 43.4 Å². The van der Waals surface area contributed by atoms with Crippen LogP contribution in [0.4, 0.5) is 0 Å². The molecule has 2 heteroatoms. The van der Waals surface area contributed by atoms with Crippen LogP contribution in [-0.2, 0) is 0 Å². The van der Waals surface area contributed by atoms with Gasteiger partial charge in [-0.15, -0.1) is 11.3 Å². The predicted octanol–water partition coefficient (Wildman–Crippen LogP) is 4.76. The normalized spacial score (nSPS) is 21.3. The van der Waals surface area contributed by atoms with Crippen LogP contribution in [-0.4, -0.2) is 6.54 Å². The SMILES string of the molecule is CCCNC(c1cccs1)C1(C)CCCCC1. The fourth-order valence-corrected chi connectivity index (χ4v) is 4.06. The zero-order valence-corrected chi connectivity index (χ0v) is 12.0. The highest BCUT2D eigenvalue weighted by Gasteiger charge is 2.36. The lowest BCUT2D eigenvalue weighted by molar-refractivity contribution is 0.147. The van der Waals surface area contributed by atoms with E-state index in [-0.39, 0.29) is 0 Å². The molecule has 1 atom stereocenters. The molecule has 1 nitrogen and oxygen atoms in total. The Hall–Kier alpha value is -0.340. The molecular formula is C15H25NS. The Kier molecular flexibility index (Phi) is 4.63. The van der Waals surface area contributed by atoms with E-state index in [9.17, 15) is 0 Å². The second kappa shape index (κ2) is 6.01. The number of rotatable bonds is 5. The lowest BCUT2D eigenvalue weighted by Crippen LogP contribution is -2.37. The third-order valence-electron chi connectivity index (χ3n) is 4.12. The van der Waals surface area contributed by atoms with Crippen LogP contribution in [0.25, 0.3) is 0 Å². The molecule has 1 N–H and O–H groups in total. The molecule has 17 heavy (non-hydrogen) atoms. The van der Waals surface area contributed by atoms with Crippen LogP contribution in [0.3, 0.4) is 0 Å². The molecule has 1 aromatic heterocycles. The van der Waals surface area contributed by atoms with Gasteiger partial charge in [0.1, 0.15) is 0 Å². The topological polar surface area (TPSA) is 12.0 Å². The van der Waals surface area contributed by atoms with Gasteiger partial charge in [-0.1, -0.05) is 39.2 Å². The third kappa shape index (κ3) is 3.11. The monoisotopic (exact) mass is 251 g/mol. The highest BCUT2D eigenvalue weighted by molar-refractivity contribution is 7.10. The molecular weight excluding hydrogens is 226 g/mol. The summed E-state index contributed by atoms with van der Waals surface area (Å²) in [6.07, 6.45) is 8.23. The van der Waals surface area contributed by atoms with Crippen molar-refractivity contribution < 1.29 is 0 Å². The average Bonchev–Trinajstić information content (AvgIpc) is 2.84. The molecule has 0 spiro atoms. The first kappa shape index (κ1) is 13.1. The van der Waals surface area contributed by atoms with Crippen LogP contribution in [0, 0.1) is 5.41 Å². The quantitative estimate of drug-likeness (QED) is 0.795. The number of hydrogen-bond donors (Lipinski definition) is 1. The number of nitrogens with one attached hydrogen (secondary N) is 1. The molecule has 1 saturated carbocycles. The summed E-state index contributed by atoms with van der Waals surface area (Å²) in [5.74, 6) is 0. The Balaban J connectivity index is 2.13. The van der Waals surface area contributed by atoms with E-state index in [1.807, 2.05) is 11.3 Å². The van der Waals surface area contributed by atoms with Gasteiger partial charge in [0.25, 0.3) is 0 Å². The molecule has 0 aromatic carbocycles. The highest BCUT2D eigenvalue weighted by atomic mass is 32.1. The van der Waals surface area contributed by atoms with E-state index in [1.54, 1.807) is 0 Å². The van der Waals surface area contributed by atoms with Gasteiger partial charge >= 0.3 is 0 Å². The van der Waals surface area contributed by atoms with Crippen molar-refractivity contribution >= 4 is 11.3 Å². The van der Waals surface area contributed by atoms with Gasteiger partial charge in [-0.25, -0.2) is 0 Å². The molecule has 0 saturated heterocycles. The fraction of sp³-hybridized carbons (Fsp3) is 0.733. The van der Waals surface area contributed by atoms with Gasteiger partial charge in [-0.3, -0.25) is 0 Å². The lowest BCUT2D eigenvalue weighted by Gasteiger charge is -2.41. The molecule has 0 bridgehead atoms. The number of thiophene rings is 1. The molecule has 1 aromatic rings. The van der Waals surface area contributed by atoms with Gasteiger partial charge in [-0.2, -0.15) is 0 Å². The van der Waals surface area contributed by atoms with E-state index >= 15 is 0 Å². The Morgan fingerprint density at radius 2 is 2.12 bits per heavy atom. The summed E-state index contributed by atoms with van der Waals surface area (Å²) in [7, 11) is 0. The van der Waals surface area contributed by atoms with Crippen molar-refractivity contribution in [3.05, 3.63) is 22.4 Å². The molecule has 0 amide bonds. The summed E-state index contributed by atoms with van der Waals surface area (Å²) in [6.45, 7) is 5.87. The fourth-order valence-electron chi connectivity index (χ4n) is 3.08. The first-order valence-corrected chi connectivity index (χ1v) is 7.91. The largest absolute Gasteiger partial charge is 0.309 e. The molecule has 2 rings (SSSR count). The Labute approximate surface area is 110 Å². The maximum atomic E-state index is 3.79. The molecule has 1 aliphatic carbocycles. The summed E-state index contributed by atoms with van der Waals surface area (Å²) in [5.41, 5.74) is 0.471. The van der Waals surface area contributed by atoms with Crippen molar-refractivity contribution in [3.63, 3.8) is 0 Å². The van der Waals surface area contributed by atoms with Gasteiger partial charge in [-0.05, 0) is 42.7 Å². The van der Waals surface area contributed by atoms with E-state index in [4.69, 9.17) is 0 Å². The van der Waals surface area contributed by atoms with Crippen LogP contribution < -0.4 is 5.32 Å². The minimum Gasteiger partial charge on any atom is -0.309 e. The zero-order valence-electron chi connectivity index (χ0n) is 11.2. The summed E-state index contributed by atoms with van der Waals surface area (Å²) in [4.78, 5) is 1.53. The molecule has 0 aliphatic heterocycles. The zero-order chi connectivity index (χ0) is 12.1. The molecule has 1 heterocycles. The minimum absolute atomic E-state index is 0.471. The van der Waals surface area contributed by atoms with Crippen LogP contribution >= 0.6 is 11.3 Å². The third-order valence-corrected chi connectivity index (χ3v) is 5.06. The van der Waals surface area contributed by atoms with Crippen LogP contribution in [0.2, 0.25) is 0 Å². The van der Waals surface area contributed by atoms with Crippen molar-refractivity contribution in [1.82, 2.24) is 5.32 Å². The lowest BCUT2D eigenvalue weighted by atomic mass is 9.70. The van der Waals surface area contributed by atoms with Crippen molar-refractivity contribution in [3.8, 4) is 0 Å². The maximum absolute atomic E-state index is 3.79. The van der Waals surface area contributed by atoms with Gasteiger partial charge < -0.3 is 5.32 Å². The standard InChI is InChI=1S/C15H25NS/c1-3-11-16-14(13-8-7-12-17-13)15(2)9-5-4-6-10-15/h7-8,12,14,16H,3-6,9-11H2,1-2H3. The van der Waals surface area contributed by atoms with Crippen LogP contribution in [0.1, 0.15) is 63.3 Å². The van der Waals surface area contributed by atoms with Crippen molar-refractivity contribution in [2.75, 3.05) is 6.54 Å². The van der Waals surface area contributed by atoms with E-state index in [0.29, 0.717) is 11.5 Å². The molecule has 96 valence electrons. The van der Waals surface area contributed by atoms with Gasteiger partial charge in [0.15, 0.2) is 0 Å². The highest BCUT2D eigenvalue weighted by Crippen LogP contribution is 2.46. The van der Waals surface area contributed by atoms with Crippen molar-refractivity contribution in [2.24, 2.45) is 5.41 Å².